The Hall–Kier alpha value is 0.240. The van der Waals surface area contributed by atoms with Gasteiger partial charge in [-0.3, -0.25) is 0 Å². The van der Waals surface area contributed by atoms with E-state index < -0.39 is 9.05 Å². The van der Waals surface area contributed by atoms with Gasteiger partial charge >= 0.3 is 0 Å². The molecule has 13 heavy (non-hydrogen) atoms. The van der Waals surface area contributed by atoms with Crippen LogP contribution in [0.25, 0.3) is 0 Å². The molecule has 0 amide bonds. The zero-order valence-corrected chi connectivity index (χ0v) is 9.57. The van der Waals surface area contributed by atoms with Gasteiger partial charge in [-0.05, 0) is 19.3 Å². The first-order valence-electron chi connectivity index (χ1n) is 4.93. The van der Waals surface area contributed by atoms with Crippen LogP contribution in [0.3, 0.4) is 0 Å². The van der Waals surface area contributed by atoms with Crippen molar-refractivity contribution >= 4 is 19.7 Å². The van der Waals surface area contributed by atoms with Crippen LogP contribution in [0, 0.1) is 5.92 Å². The van der Waals surface area contributed by atoms with Gasteiger partial charge in [0.2, 0.25) is 9.05 Å². The first-order valence-corrected chi connectivity index (χ1v) is 7.31. The second kappa shape index (κ2) is 4.65. The first kappa shape index (κ1) is 11.3. The quantitative estimate of drug-likeness (QED) is 0.691. The highest BCUT2D eigenvalue weighted by Crippen LogP contribution is 2.29. The number of hydrogen-bond donors (Lipinski definition) is 0. The van der Waals surface area contributed by atoms with Gasteiger partial charge in [-0.2, -0.15) is 0 Å². The Morgan fingerprint density at radius 1 is 1.31 bits per heavy atom. The van der Waals surface area contributed by atoms with Crippen molar-refractivity contribution in [2.45, 2.75) is 50.7 Å². The maximum Gasteiger partial charge on any atom is 0.235 e. The lowest BCUT2D eigenvalue weighted by Gasteiger charge is -2.23. The van der Waals surface area contributed by atoms with E-state index in [9.17, 15) is 8.42 Å². The summed E-state index contributed by atoms with van der Waals surface area (Å²) in [7, 11) is 1.95. The minimum absolute atomic E-state index is 0.378. The van der Waals surface area contributed by atoms with Crippen molar-refractivity contribution in [2.24, 2.45) is 5.92 Å². The Balaban J connectivity index is 2.39. The Labute approximate surface area is 85.1 Å². The largest absolute Gasteiger partial charge is 0.235 e. The lowest BCUT2D eigenvalue weighted by molar-refractivity contribution is 0.337. The van der Waals surface area contributed by atoms with Crippen molar-refractivity contribution in [3.05, 3.63) is 0 Å². The van der Waals surface area contributed by atoms with Gasteiger partial charge in [-0.25, -0.2) is 8.42 Å². The monoisotopic (exact) mass is 224 g/mol. The predicted molar refractivity (Wildman–Crippen MR) is 55.4 cm³/mol. The van der Waals surface area contributed by atoms with Crippen molar-refractivity contribution in [3.8, 4) is 0 Å². The van der Waals surface area contributed by atoms with E-state index in [2.05, 4.69) is 0 Å². The molecule has 1 unspecified atom stereocenters. The molecule has 1 saturated carbocycles. The molecule has 0 aromatic carbocycles. The number of hydrogen-bond acceptors (Lipinski definition) is 2. The van der Waals surface area contributed by atoms with Crippen LogP contribution in [0.4, 0.5) is 0 Å². The van der Waals surface area contributed by atoms with Crippen molar-refractivity contribution in [1.29, 1.82) is 0 Å². The van der Waals surface area contributed by atoms with Crippen molar-refractivity contribution in [1.82, 2.24) is 0 Å². The molecular formula is C9H17ClO2S. The van der Waals surface area contributed by atoms with E-state index in [0.717, 1.165) is 6.42 Å². The van der Waals surface area contributed by atoms with Gasteiger partial charge in [-0.15, -0.1) is 0 Å². The topological polar surface area (TPSA) is 34.1 Å². The molecule has 1 aliphatic rings. The molecule has 0 bridgehead atoms. The van der Waals surface area contributed by atoms with Crippen molar-refractivity contribution < 1.29 is 8.42 Å². The molecular weight excluding hydrogens is 208 g/mol. The van der Waals surface area contributed by atoms with Crippen LogP contribution in [0.15, 0.2) is 0 Å². The van der Waals surface area contributed by atoms with Crippen LogP contribution < -0.4 is 0 Å². The molecule has 0 aromatic heterocycles. The summed E-state index contributed by atoms with van der Waals surface area (Å²) in [5.41, 5.74) is 0. The molecule has 0 radical (unpaired) electrons. The van der Waals surface area contributed by atoms with Gasteiger partial charge in [0.15, 0.2) is 0 Å². The van der Waals surface area contributed by atoms with Crippen molar-refractivity contribution in [2.75, 3.05) is 0 Å². The lowest BCUT2D eigenvalue weighted by atomic mass is 9.86. The smallest absolute Gasteiger partial charge is 0.212 e. The van der Waals surface area contributed by atoms with Gasteiger partial charge in [0.1, 0.15) is 0 Å². The molecule has 0 saturated heterocycles. The summed E-state index contributed by atoms with van der Waals surface area (Å²) in [5.74, 6) is 0.581. The van der Waals surface area contributed by atoms with Crippen LogP contribution in [-0.4, -0.2) is 13.7 Å². The second-order valence-corrected chi connectivity index (χ2v) is 7.07. The van der Waals surface area contributed by atoms with E-state index in [-0.39, 0.29) is 5.25 Å². The molecule has 1 atom stereocenters. The van der Waals surface area contributed by atoms with Gasteiger partial charge in [0.05, 0.1) is 5.25 Å². The summed E-state index contributed by atoms with van der Waals surface area (Å²) < 4.78 is 21.9. The number of halogens is 1. The van der Waals surface area contributed by atoms with Gasteiger partial charge in [-0.1, -0.05) is 32.1 Å². The van der Waals surface area contributed by atoms with Gasteiger partial charge in [0, 0.05) is 10.7 Å². The molecule has 0 aromatic rings. The molecule has 0 heterocycles. The summed E-state index contributed by atoms with van der Waals surface area (Å²) in [5, 5.41) is -0.378. The van der Waals surface area contributed by atoms with Crippen LogP contribution in [0.5, 0.6) is 0 Å². The SMILES string of the molecule is CC(CC1CCCCC1)S(=O)(=O)Cl. The van der Waals surface area contributed by atoms with E-state index >= 15 is 0 Å². The Bertz CT molecular complexity index is 242. The van der Waals surface area contributed by atoms with E-state index in [1.165, 1.54) is 32.1 Å². The normalized spacial score (nSPS) is 22.9. The van der Waals surface area contributed by atoms with E-state index in [0.29, 0.717) is 5.92 Å². The number of rotatable bonds is 3. The molecule has 0 N–H and O–H groups in total. The second-order valence-electron chi connectivity index (χ2n) is 4.03. The fraction of sp³-hybridized carbons (Fsp3) is 1.00. The summed E-state index contributed by atoms with van der Waals surface area (Å²) in [6.45, 7) is 1.71. The molecule has 78 valence electrons. The van der Waals surface area contributed by atoms with Crippen LogP contribution in [-0.2, 0) is 9.05 Å². The van der Waals surface area contributed by atoms with Crippen LogP contribution >= 0.6 is 10.7 Å². The zero-order valence-electron chi connectivity index (χ0n) is 8.00. The Kier molecular flexibility index (Phi) is 4.05. The standard InChI is InChI=1S/C9H17ClO2S/c1-8(13(10,11)12)7-9-5-3-2-4-6-9/h8-9H,2-7H2,1H3. The highest BCUT2D eigenvalue weighted by atomic mass is 35.7. The third-order valence-corrected chi connectivity index (χ3v) is 4.94. The van der Waals surface area contributed by atoms with E-state index in [4.69, 9.17) is 10.7 Å². The summed E-state index contributed by atoms with van der Waals surface area (Å²) in [6, 6.07) is 0. The fourth-order valence-electron chi connectivity index (χ4n) is 2.01. The maximum absolute atomic E-state index is 11.0. The van der Waals surface area contributed by atoms with Gasteiger partial charge < -0.3 is 0 Å². The molecule has 1 aliphatic carbocycles. The summed E-state index contributed by atoms with van der Waals surface area (Å²) in [6.07, 6.45) is 6.90. The third-order valence-electron chi connectivity index (χ3n) is 2.87. The summed E-state index contributed by atoms with van der Waals surface area (Å²) >= 11 is 0. The minimum Gasteiger partial charge on any atom is -0.212 e. The average Bonchev–Trinajstić information content (AvgIpc) is 2.04. The Morgan fingerprint density at radius 3 is 2.31 bits per heavy atom. The molecule has 1 fully saturated rings. The van der Waals surface area contributed by atoms with Crippen LogP contribution in [0.1, 0.15) is 45.4 Å². The molecule has 4 heteroatoms. The molecule has 1 rings (SSSR count). The molecule has 0 spiro atoms. The lowest BCUT2D eigenvalue weighted by Crippen LogP contribution is -2.18. The van der Waals surface area contributed by atoms with Gasteiger partial charge in [0.25, 0.3) is 0 Å². The summed E-state index contributed by atoms with van der Waals surface area (Å²) in [4.78, 5) is 0. The zero-order chi connectivity index (χ0) is 9.90. The van der Waals surface area contributed by atoms with Crippen LogP contribution in [0.2, 0.25) is 0 Å². The fourth-order valence-corrected chi connectivity index (χ4v) is 2.73. The maximum atomic E-state index is 11.0. The average molecular weight is 225 g/mol. The minimum atomic E-state index is -3.33. The van der Waals surface area contributed by atoms with E-state index in [1.54, 1.807) is 6.92 Å². The third kappa shape index (κ3) is 3.86. The van der Waals surface area contributed by atoms with Crippen molar-refractivity contribution in [3.63, 3.8) is 0 Å². The molecule has 2 nitrogen and oxygen atoms in total. The highest BCUT2D eigenvalue weighted by Gasteiger charge is 2.23. The molecule has 0 aliphatic heterocycles. The first-order chi connectivity index (χ1) is 6.00. The highest BCUT2D eigenvalue weighted by molar-refractivity contribution is 8.14. The Morgan fingerprint density at radius 2 is 1.85 bits per heavy atom. The van der Waals surface area contributed by atoms with E-state index in [1.807, 2.05) is 0 Å². The predicted octanol–water partition coefficient (Wildman–Crippen LogP) is 2.91.